The number of halogens is 1. The molecule has 3 N–H and O–H groups in total. The number of carbonyl (C=O) groups is 3. The molecular formula is C18H18FN3O3. The fraction of sp³-hybridized carbons (Fsp3) is 0.167. The summed E-state index contributed by atoms with van der Waals surface area (Å²) >= 11 is 0. The van der Waals surface area contributed by atoms with Crippen molar-refractivity contribution < 1.29 is 18.8 Å². The number of hydrogen-bond acceptors (Lipinski definition) is 3. The van der Waals surface area contributed by atoms with Gasteiger partial charge in [0.1, 0.15) is 5.82 Å². The number of carbonyl (C=O) groups excluding carboxylic acids is 3. The van der Waals surface area contributed by atoms with Crippen molar-refractivity contribution in [2.75, 3.05) is 19.6 Å². The summed E-state index contributed by atoms with van der Waals surface area (Å²) in [6.45, 7) is 0.140. The predicted octanol–water partition coefficient (Wildman–Crippen LogP) is 1.10. The number of nitrogens with one attached hydrogen (secondary N) is 3. The highest BCUT2D eigenvalue weighted by Gasteiger charge is 2.10. The Morgan fingerprint density at radius 3 is 2.12 bits per heavy atom. The predicted molar refractivity (Wildman–Crippen MR) is 90.5 cm³/mol. The van der Waals surface area contributed by atoms with Crippen molar-refractivity contribution in [2.45, 2.75) is 0 Å². The molecule has 130 valence electrons. The first-order valence-corrected chi connectivity index (χ1v) is 7.70. The Labute approximate surface area is 144 Å². The summed E-state index contributed by atoms with van der Waals surface area (Å²) < 4.78 is 13.4. The fourth-order valence-corrected chi connectivity index (χ4v) is 2.03. The van der Waals surface area contributed by atoms with E-state index in [0.29, 0.717) is 5.56 Å². The van der Waals surface area contributed by atoms with Crippen molar-refractivity contribution in [2.24, 2.45) is 0 Å². The molecule has 0 fully saturated rings. The van der Waals surface area contributed by atoms with Crippen molar-refractivity contribution >= 4 is 17.7 Å². The molecule has 6 nitrogen and oxygen atoms in total. The Kier molecular flexibility index (Phi) is 6.65. The number of hydrogen-bond donors (Lipinski definition) is 3. The van der Waals surface area contributed by atoms with E-state index >= 15 is 0 Å². The van der Waals surface area contributed by atoms with Gasteiger partial charge in [-0.2, -0.15) is 0 Å². The highest BCUT2D eigenvalue weighted by molar-refractivity contribution is 5.96. The maximum absolute atomic E-state index is 13.4. The standard InChI is InChI=1S/C18H18FN3O3/c19-15-9-5-4-8-14(15)18(25)21-11-10-20-16(23)12-22-17(24)13-6-2-1-3-7-13/h1-9H,10-12H2,(H,20,23)(H,21,25)(H,22,24). The van der Waals surface area contributed by atoms with Crippen LogP contribution >= 0.6 is 0 Å². The molecule has 0 radical (unpaired) electrons. The maximum Gasteiger partial charge on any atom is 0.254 e. The summed E-state index contributed by atoms with van der Waals surface area (Å²) in [4.78, 5) is 35.2. The number of amides is 3. The molecular weight excluding hydrogens is 325 g/mol. The zero-order chi connectivity index (χ0) is 18.1. The van der Waals surface area contributed by atoms with Gasteiger partial charge in [0.25, 0.3) is 11.8 Å². The van der Waals surface area contributed by atoms with E-state index in [-0.39, 0.29) is 37.0 Å². The van der Waals surface area contributed by atoms with Crippen molar-refractivity contribution in [3.05, 3.63) is 71.5 Å². The number of rotatable bonds is 7. The second kappa shape index (κ2) is 9.17. The van der Waals surface area contributed by atoms with Gasteiger partial charge in [-0.05, 0) is 24.3 Å². The van der Waals surface area contributed by atoms with Crippen molar-refractivity contribution in [3.63, 3.8) is 0 Å². The molecule has 0 unspecified atom stereocenters. The SMILES string of the molecule is O=C(CNC(=O)c1ccccc1)NCCNC(=O)c1ccccc1F. The van der Waals surface area contributed by atoms with Gasteiger partial charge in [0.05, 0.1) is 12.1 Å². The normalized spacial score (nSPS) is 9.96. The molecule has 0 atom stereocenters. The molecule has 0 aliphatic carbocycles. The molecule has 0 aromatic heterocycles. The lowest BCUT2D eigenvalue weighted by Gasteiger charge is -2.08. The largest absolute Gasteiger partial charge is 0.353 e. The summed E-state index contributed by atoms with van der Waals surface area (Å²) in [6.07, 6.45) is 0. The Morgan fingerprint density at radius 2 is 1.40 bits per heavy atom. The Morgan fingerprint density at radius 1 is 0.760 bits per heavy atom. The summed E-state index contributed by atoms with van der Waals surface area (Å²) in [5, 5.41) is 7.55. The van der Waals surface area contributed by atoms with Gasteiger partial charge in [-0.15, -0.1) is 0 Å². The van der Waals surface area contributed by atoms with Crippen LogP contribution in [0.4, 0.5) is 4.39 Å². The minimum atomic E-state index is -0.604. The monoisotopic (exact) mass is 343 g/mol. The van der Waals surface area contributed by atoms with Crippen molar-refractivity contribution in [1.29, 1.82) is 0 Å². The van der Waals surface area contributed by atoms with Crippen LogP contribution in [0.5, 0.6) is 0 Å². The molecule has 0 aliphatic rings. The average molecular weight is 343 g/mol. The third-order valence-electron chi connectivity index (χ3n) is 3.30. The van der Waals surface area contributed by atoms with Gasteiger partial charge in [0.2, 0.25) is 5.91 Å². The minimum Gasteiger partial charge on any atom is -0.353 e. The fourth-order valence-electron chi connectivity index (χ4n) is 2.03. The van der Waals surface area contributed by atoms with Gasteiger partial charge in [0, 0.05) is 18.7 Å². The van der Waals surface area contributed by atoms with Crippen LogP contribution in [0.3, 0.4) is 0 Å². The van der Waals surface area contributed by atoms with E-state index in [2.05, 4.69) is 16.0 Å². The zero-order valence-corrected chi connectivity index (χ0v) is 13.4. The van der Waals surface area contributed by atoms with E-state index < -0.39 is 11.7 Å². The van der Waals surface area contributed by atoms with Gasteiger partial charge in [0.15, 0.2) is 0 Å². The second-order valence-corrected chi connectivity index (χ2v) is 5.13. The highest BCUT2D eigenvalue weighted by atomic mass is 19.1. The summed E-state index contributed by atoms with van der Waals surface area (Å²) in [5.41, 5.74) is 0.413. The van der Waals surface area contributed by atoms with Crippen LogP contribution < -0.4 is 16.0 Å². The van der Waals surface area contributed by atoms with E-state index in [1.165, 1.54) is 18.2 Å². The first-order valence-electron chi connectivity index (χ1n) is 7.70. The highest BCUT2D eigenvalue weighted by Crippen LogP contribution is 2.05. The molecule has 2 aromatic carbocycles. The van der Waals surface area contributed by atoms with Gasteiger partial charge in [-0.25, -0.2) is 4.39 Å². The lowest BCUT2D eigenvalue weighted by Crippen LogP contribution is -2.40. The molecule has 2 rings (SSSR count). The molecule has 0 spiro atoms. The van der Waals surface area contributed by atoms with Crippen LogP contribution in [0, 0.1) is 5.82 Å². The van der Waals surface area contributed by atoms with Crippen LogP contribution in [0.1, 0.15) is 20.7 Å². The third-order valence-corrected chi connectivity index (χ3v) is 3.30. The van der Waals surface area contributed by atoms with Crippen molar-refractivity contribution in [1.82, 2.24) is 16.0 Å². The zero-order valence-electron chi connectivity index (χ0n) is 13.4. The summed E-state index contributed by atoms with van der Waals surface area (Å²) in [7, 11) is 0. The average Bonchev–Trinajstić information content (AvgIpc) is 2.64. The van der Waals surface area contributed by atoms with Crippen molar-refractivity contribution in [3.8, 4) is 0 Å². The maximum atomic E-state index is 13.4. The summed E-state index contributed by atoms with van der Waals surface area (Å²) in [5.74, 6) is -1.88. The molecule has 3 amide bonds. The lowest BCUT2D eigenvalue weighted by atomic mass is 10.2. The van der Waals surface area contributed by atoms with Gasteiger partial charge in [-0.3, -0.25) is 14.4 Å². The Bertz CT molecular complexity index is 750. The molecule has 0 bridgehead atoms. The molecule has 25 heavy (non-hydrogen) atoms. The summed E-state index contributed by atoms with van der Waals surface area (Å²) in [6, 6.07) is 14.2. The van der Waals surface area contributed by atoms with Gasteiger partial charge < -0.3 is 16.0 Å². The minimum absolute atomic E-state index is 0.0519. The smallest absolute Gasteiger partial charge is 0.254 e. The van der Waals surface area contributed by atoms with Crippen LogP contribution in [0.25, 0.3) is 0 Å². The lowest BCUT2D eigenvalue weighted by molar-refractivity contribution is -0.120. The topological polar surface area (TPSA) is 87.3 Å². The molecule has 7 heteroatoms. The van der Waals surface area contributed by atoms with Gasteiger partial charge >= 0.3 is 0 Å². The van der Waals surface area contributed by atoms with Crippen LogP contribution in [0.2, 0.25) is 0 Å². The third kappa shape index (κ3) is 5.72. The van der Waals surface area contributed by atoms with Crippen LogP contribution in [0.15, 0.2) is 54.6 Å². The molecule has 0 heterocycles. The van der Waals surface area contributed by atoms with E-state index in [1.54, 1.807) is 36.4 Å². The number of benzene rings is 2. The Balaban J connectivity index is 1.65. The quantitative estimate of drug-likeness (QED) is 0.658. The molecule has 2 aromatic rings. The van der Waals surface area contributed by atoms with Crippen LogP contribution in [-0.2, 0) is 4.79 Å². The van der Waals surface area contributed by atoms with E-state index in [1.807, 2.05) is 0 Å². The molecule has 0 saturated heterocycles. The molecule has 0 aliphatic heterocycles. The first kappa shape index (κ1) is 18.1. The van der Waals surface area contributed by atoms with Gasteiger partial charge in [-0.1, -0.05) is 30.3 Å². The molecule has 0 saturated carbocycles. The second-order valence-electron chi connectivity index (χ2n) is 5.13. The van der Waals surface area contributed by atoms with E-state index in [9.17, 15) is 18.8 Å². The van der Waals surface area contributed by atoms with E-state index in [0.717, 1.165) is 0 Å². The van der Waals surface area contributed by atoms with E-state index in [4.69, 9.17) is 0 Å². The van der Waals surface area contributed by atoms with Crippen LogP contribution in [-0.4, -0.2) is 37.4 Å². The first-order chi connectivity index (χ1) is 12.1. The Hall–Kier alpha value is -3.22.